The smallest absolute Gasteiger partial charge is 0.379 e. The Labute approximate surface area is 855 Å². The van der Waals surface area contributed by atoms with Crippen LogP contribution >= 0.6 is 58.0 Å². The van der Waals surface area contributed by atoms with Crippen LogP contribution in [-0.2, 0) is 45.1 Å². The zero-order chi connectivity index (χ0) is 94.6. The van der Waals surface area contributed by atoms with Gasteiger partial charge in [0.15, 0.2) is 28.2 Å². The number of ether oxygens (including phenoxy) is 1. The van der Waals surface area contributed by atoms with Gasteiger partial charge < -0.3 is 4.74 Å². The molecular weight excluding hydrogens is 1900 g/mol. The van der Waals surface area contributed by atoms with E-state index in [9.17, 15) is 13.2 Å². The molecule has 1 aliphatic rings. The highest BCUT2D eigenvalue weighted by Gasteiger charge is 2.32. The van der Waals surface area contributed by atoms with Crippen molar-refractivity contribution in [2.45, 2.75) is 84.1 Å². The molecule has 726 valence electrons. The first-order valence-corrected chi connectivity index (χ1v) is 45.8. The third-order valence-corrected chi connectivity index (χ3v) is 24.6. The molecule has 21 aromatic rings. The zero-order valence-electron chi connectivity index (χ0n) is 74.5. The summed E-state index contributed by atoms with van der Waals surface area (Å²) in [5.41, 5.74) is 21.2. The lowest BCUT2D eigenvalue weighted by Gasteiger charge is -2.26. The van der Waals surface area contributed by atoms with Crippen LogP contribution in [0.3, 0.4) is 0 Å². The molecule has 0 saturated carbocycles. The van der Waals surface area contributed by atoms with Crippen molar-refractivity contribution in [2.24, 2.45) is 21.1 Å². The SMILES string of the molecule is C.C.C.C.C.C.CCC#Cc1cccc(-c2nn(C)c3nnc(-c4ccccc4)c(Cl)c23)c1.Cc1cccc(-c2nn(C)c3nnc(-c4ccccc4)c(Cl)c23)c1.Clc1c(-c2ccccc2)nnc2c1c(-c1ccccc1)nn2CCN1CCOCC1.Clc1c(-c2ccccc2)nnc2c1c(-c1ccccc1)nn2Cc1ccccc1.Cn1nc(-c2ccccc2)c2c(Cl)c(-c3cccc(C(F)(F)F)c3)nnc21. The Bertz CT molecular complexity index is 7950. The molecule has 1 aliphatic heterocycles. The Kier molecular flexibility index (Phi) is 36.1. The van der Waals surface area contributed by atoms with Crippen molar-refractivity contribution in [3.63, 3.8) is 0 Å². The summed E-state index contributed by atoms with van der Waals surface area (Å²) in [5, 5.41) is 73.5. The van der Waals surface area contributed by atoms with Crippen LogP contribution in [0.5, 0.6) is 0 Å². The van der Waals surface area contributed by atoms with E-state index >= 15 is 0 Å². The van der Waals surface area contributed by atoms with E-state index in [0.717, 1.165) is 163 Å². The second-order valence-corrected chi connectivity index (χ2v) is 33.9. The number of aromatic nitrogens is 20. The number of halogens is 8. The molecule has 0 spiro atoms. The van der Waals surface area contributed by atoms with Crippen LogP contribution in [0.1, 0.15) is 80.2 Å². The fourth-order valence-corrected chi connectivity index (χ4v) is 17.7. The van der Waals surface area contributed by atoms with E-state index in [4.69, 9.17) is 72.9 Å². The van der Waals surface area contributed by atoms with Gasteiger partial charge in [-0.1, -0.05) is 412 Å². The third kappa shape index (κ3) is 23.4. The number of hydrogen-bond acceptors (Lipinski definition) is 17. The molecule has 0 amide bonds. The maximum atomic E-state index is 13.0. The van der Waals surface area contributed by atoms with Crippen LogP contribution in [-0.4, -0.2) is 138 Å². The van der Waals surface area contributed by atoms with Gasteiger partial charge in [0.05, 0.1) is 83.9 Å². The molecule has 1 fully saturated rings. The molecule has 0 unspecified atom stereocenters. The van der Waals surface area contributed by atoms with Gasteiger partial charge in [-0.2, -0.15) is 38.7 Å². The molecule has 22 rings (SSSR count). The average molecular weight is 2010 g/mol. The summed E-state index contributed by atoms with van der Waals surface area (Å²) >= 11 is 33.9. The standard InChI is InChI=1S/C24H17ClN4.C23H22ClN5O.C22H17ClN4.C19H12ClF3N4.C19H15ClN4.6CH4/c25-21-20-22(18-12-6-2-7-13-18)28-29(16-17-10-4-1-5-11-17)24(20)27-26-23(21)19-14-8-3-9-15-19;24-20-19-21(17-7-3-1-4-8-17)27-29(12-11-28-13-15-30-16-14-28)23(19)26-25-22(20)18-9-5-2-6-10-18;1-3-4-9-15-10-8-13-17(14-15)20-18-19(23)21(16-11-6-5-7-12-16)24-25-22(18)27(2)26-20;1-27-18-14(16(26-27)11-6-3-2-4-7-11)15(20)17(24-25-18)12-8-5-9-13(10-12)19(21,22)23;1-12-7-6-10-14(11-12)17-15-16(20)18(13-8-4-3-5-9-13)21-22-19(15)24(2)23-17;;;;;;/h1-15H,16H2;1-10H,11-16H2;5-8,10-14H,3H2,1-2H3;2-10H,1H3;3-11H,1-2H3;6*1H4. The highest BCUT2D eigenvalue weighted by atomic mass is 35.5. The van der Waals surface area contributed by atoms with E-state index in [0.29, 0.717) is 88.7 Å². The van der Waals surface area contributed by atoms with E-state index in [2.05, 4.69) is 114 Å². The number of hydrogen-bond donors (Lipinski definition) is 0. The molecule has 11 heterocycles. The number of benzene rings is 11. The summed E-state index contributed by atoms with van der Waals surface area (Å²) in [7, 11) is 5.42. The minimum absolute atomic E-state index is 0. The summed E-state index contributed by atoms with van der Waals surface area (Å²) in [5.74, 6) is 6.27. The number of morpholine rings is 1. The lowest BCUT2D eigenvalue weighted by atomic mass is 10.0. The number of rotatable bonds is 15. The maximum Gasteiger partial charge on any atom is 0.416 e. The highest BCUT2D eigenvalue weighted by molar-refractivity contribution is 6.41. The normalized spacial score (nSPS) is 11.5. The van der Waals surface area contributed by atoms with Gasteiger partial charge in [0, 0.05) is 108 Å². The van der Waals surface area contributed by atoms with E-state index in [1.165, 1.54) is 17.7 Å². The van der Waals surface area contributed by atoms with Crippen LogP contribution in [0.25, 0.3) is 168 Å². The van der Waals surface area contributed by atoms with Crippen LogP contribution in [0, 0.1) is 18.8 Å². The number of nitrogens with zero attached hydrogens (tertiary/aromatic N) is 21. The van der Waals surface area contributed by atoms with Crippen molar-refractivity contribution in [3.8, 4) is 124 Å². The van der Waals surface area contributed by atoms with Gasteiger partial charge in [-0.05, 0) is 42.8 Å². The van der Waals surface area contributed by atoms with E-state index in [1.807, 2.05) is 297 Å². The van der Waals surface area contributed by atoms with E-state index in [-0.39, 0.29) is 60.8 Å². The Balaban J connectivity index is 0.000000158. The van der Waals surface area contributed by atoms with Gasteiger partial charge in [-0.25, -0.2) is 23.4 Å². The fourth-order valence-electron chi connectivity index (χ4n) is 16.1. The third-order valence-electron chi connectivity index (χ3n) is 22.8. The lowest BCUT2D eigenvalue weighted by molar-refractivity contribution is -0.137. The Morgan fingerprint density at radius 3 is 0.958 bits per heavy atom. The molecule has 0 bridgehead atoms. The number of fused-ring (bicyclic) bond motifs is 5. The average Bonchev–Trinajstić information content (AvgIpc) is 1.57. The molecular formula is C113H107Cl5F3N21O. The monoisotopic (exact) mass is 2010 g/mol. The van der Waals surface area contributed by atoms with E-state index in [1.54, 1.807) is 21.1 Å². The first kappa shape index (κ1) is 107. The molecule has 143 heavy (non-hydrogen) atoms. The highest BCUT2D eigenvalue weighted by Crippen LogP contribution is 2.45. The first-order chi connectivity index (χ1) is 66.8. The first-order valence-electron chi connectivity index (χ1n) is 43.9. The van der Waals surface area contributed by atoms with Gasteiger partial charge in [0.25, 0.3) is 0 Å². The summed E-state index contributed by atoms with van der Waals surface area (Å²) in [6.45, 7) is 9.73. The molecule has 0 atom stereocenters. The summed E-state index contributed by atoms with van der Waals surface area (Å²) in [6.07, 6.45) is -3.64. The molecule has 22 nitrogen and oxygen atoms in total. The fraction of sp³-hybridized carbons (Fsp3) is 0.177. The van der Waals surface area contributed by atoms with Crippen LogP contribution in [0.4, 0.5) is 13.2 Å². The minimum Gasteiger partial charge on any atom is -0.379 e. The van der Waals surface area contributed by atoms with Crippen molar-refractivity contribution in [1.82, 2.24) is 105 Å². The number of aryl methyl sites for hydroxylation is 4. The second-order valence-electron chi connectivity index (χ2n) is 32.0. The molecule has 10 aromatic heterocycles. The largest absolute Gasteiger partial charge is 0.416 e. The van der Waals surface area contributed by atoms with Crippen molar-refractivity contribution in [1.29, 1.82) is 0 Å². The quantitative estimate of drug-likeness (QED) is 0.0868. The maximum absolute atomic E-state index is 13.0. The van der Waals surface area contributed by atoms with Gasteiger partial charge >= 0.3 is 6.18 Å². The molecule has 0 radical (unpaired) electrons. The lowest BCUT2D eigenvalue weighted by Crippen LogP contribution is -2.38. The Morgan fingerprint density at radius 1 is 0.308 bits per heavy atom. The predicted molar refractivity (Wildman–Crippen MR) is 579 cm³/mol. The van der Waals surface area contributed by atoms with Crippen molar-refractivity contribution < 1.29 is 17.9 Å². The second kappa shape index (κ2) is 48.4. The topological polar surface area (TPSA) is 230 Å². The van der Waals surface area contributed by atoms with Crippen LogP contribution in [0.2, 0.25) is 25.1 Å². The van der Waals surface area contributed by atoms with Gasteiger partial charge in [-0.15, -0.1) is 51.0 Å². The van der Waals surface area contributed by atoms with E-state index < -0.39 is 11.7 Å². The molecule has 0 N–H and O–H groups in total. The van der Waals surface area contributed by atoms with Gasteiger partial charge in [0.2, 0.25) is 0 Å². The van der Waals surface area contributed by atoms with Gasteiger partial charge in [0.1, 0.15) is 56.9 Å². The molecule has 11 aromatic carbocycles. The Hall–Kier alpha value is -15.1. The minimum atomic E-state index is -4.45. The molecule has 0 aliphatic carbocycles. The van der Waals surface area contributed by atoms with Crippen molar-refractivity contribution in [3.05, 3.63) is 363 Å². The summed E-state index contributed by atoms with van der Waals surface area (Å²) < 4.78 is 53.4. The summed E-state index contributed by atoms with van der Waals surface area (Å²) in [6, 6.07) is 100. The Morgan fingerprint density at radius 2 is 0.594 bits per heavy atom. The van der Waals surface area contributed by atoms with Crippen LogP contribution < -0.4 is 0 Å². The molecule has 30 heteroatoms. The predicted octanol–water partition coefficient (Wildman–Crippen LogP) is 29.0. The number of alkyl halides is 3. The van der Waals surface area contributed by atoms with Crippen molar-refractivity contribution >= 4 is 113 Å². The van der Waals surface area contributed by atoms with Crippen molar-refractivity contribution in [2.75, 3.05) is 32.8 Å². The molecule has 1 saturated heterocycles. The summed E-state index contributed by atoms with van der Waals surface area (Å²) in [4.78, 5) is 2.38. The van der Waals surface area contributed by atoms with Crippen LogP contribution in [0.15, 0.2) is 315 Å². The van der Waals surface area contributed by atoms with Gasteiger partial charge in [-0.3, -0.25) is 4.90 Å². The zero-order valence-corrected chi connectivity index (χ0v) is 78.3.